The van der Waals surface area contributed by atoms with E-state index < -0.39 is 12.6 Å². The molecule has 3 aromatic rings. The van der Waals surface area contributed by atoms with Gasteiger partial charge in [0.15, 0.2) is 6.23 Å². The number of hydrogen-bond acceptors (Lipinski definition) is 5. The van der Waals surface area contributed by atoms with Crippen LogP contribution >= 0.6 is 0 Å². The Morgan fingerprint density at radius 3 is 2.61 bits per heavy atom. The van der Waals surface area contributed by atoms with Crippen molar-refractivity contribution in [1.82, 2.24) is 19.7 Å². The largest absolute Gasteiger partial charge is 0.573 e. The van der Waals surface area contributed by atoms with Crippen LogP contribution in [0.15, 0.2) is 49.2 Å². The highest BCUT2D eigenvalue weighted by Crippen LogP contribution is 2.39. The molecule has 0 radical (unpaired) electrons. The van der Waals surface area contributed by atoms with Crippen molar-refractivity contribution < 1.29 is 23.0 Å². The van der Waals surface area contributed by atoms with E-state index in [-0.39, 0.29) is 5.75 Å². The highest BCUT2D eigenvalue weighted by Gasteiger charge is 2.33. The Kier molecular flexibility index (Phi) is 4.34. The lowest BCUT2D eigenvalue weighted by Crippen LogP contribution is -2.28. The number of imidazole rings is 1. The number of aryl methyl sites for hydroxylation is 1. The number of alkyl halides is 3. The highest BCUT2D eigenvalue weighted by atomic mass is 19.4. The van der Waals surface area contributed by atoms with Crippen molar-refractivity contribution in [2.75, 3.05) is 4.90 Å². The molecule has 2 N–H and O–H groups in total. The minimum atomic E-state index is -4.76. The zero-order valence-electron chi connectivity index (χ0n) is 14.7. The second-order valence-electron chi connectivity index (χ2n) is 6.12. The van der Waals surface area contributed by atoms with Crippen molar-refractivity contribution in [2.24, 2.45) is 0 Å². The van der Waals surface area contributed by atoms with Crippen molar-refractivity contribution in [3.8, 4) is 5.75 Å². The van der Waals surface area contributed by atoms with Gasteiger partial charge in [0.05, 0.1) is 18.2 Å². The first kappa shape index (κ1) is 18.1. The van der Waals surface area contributed by atoms with Gasteiger partial charge in [-0.05, 0) is 31.2 Å². The standard InChI is InChI=1S/C18H16F3N5O2/c1-2-25-10-22-15-16(25)14(11-7-23-24-8-11)9-26(17(15)27)12-3-5-13(6-4-12)28-18(19,20)21/h3-10,17,27H,2H2,1H3,(H,23,24). The number of aliphatic hydroxyl groups is 1. The summed E-state index contributed by atoms with van der Waals surface area (Å²) in [5.74, 6) is -0.335. The molecular formula is C18H16F3N5O2. The summed E-state index contributed by atoms with van der Waals surface area (Å²) in [6.07, 6.45) is 0.893. The summed E-state index contributed by atoms with van der Waals surface area (Å²) >= 11 is 0. The Labute approximate surface area is 157 Å². The number of halogens is 3. The van der Waals surface area contributed by atoms with Crippen LogP contribution in [0.2, 0.25) is 0 Å². The van der Waals surface area contributed by atoms with Gasteiger partial charge >= 0.3 is 6.36 Å². The van der Waals surface area contributed by atoms with E-state index in [1.54, 1.807) is 24.9 Å². The molecule has 4 rings (SSSR count). The smallest absolute Gasteiger partial charge is 0.406 e. The predicted octanol–water partition coefficient (Wildman–Crippen LogP) is 3.43. The predicted molar refractivity (Wildman–Crippen MR) is 94.1 cm³/mol. The second-order valence-corrected chi connectivity index (χ2v) is 6.12. The summed E-state index contributed by atoms with van der Waals surface area (Å²) in [5, 5.41) is 17.6. The molecule has 0 spiro atoms. The molecule has 10 heteroatoms. The summed E-state index contributed by atoms with van der Waals surface area (Å²) < 4.78 is 42.9. The first-order valence-corrected chi connectivity index (χ1v) is 8.46. The van der Waals surface area contributed by atoms with E-state index in [2.05, 4.69) is 19.9 Å². The number of nitrogens with zero attached hydrogens (tertiary/aromatic N) is 4. The molecule has 1 aliphatic heterocycles. The van der Waals surface area contributed by atoms with Crippen LogP contribution in [0.25, 0.3) is 5.57 Å². The zero-order chi connectivity index (χ0) is 19.9. The number of aromatic amines is 1. The molecule has 0 saturated heterocycles. The number of nitrogens with one attached hydrogen (secondary N) is 1. The lowest BCUT2D eigenvalue weighted by Gasteiger charge is -2.32. The molecule has 0 aliphatic carbocycles. The minimum Gasteiger partial charge on any atom is -0.406 e. The fourth-order valence-corrected chi connectivity index (χ4v) is 3.17. The number of ether oxygens (including phenoxy) is 1. The van der Waals surface area contributed by atoms with Gasteiger partial charge in [0.2, 0.25) is 0 Å². The minimum absolute atomic E-state index is 0.335. The maximum atomic E-state index is 12.4. The highest BCUT2D eigenvalue weighted by molar-refractivity contribution is 5.83. The molecule has 1 atom stereocenters. The van der Waals surface area contributed by atoms with Crippen molar-refractivity contribution in [3.63, 3.8) is 0 Å². The Morgan fingerprint density at radius 1 is 1.25 bits per heavy atom. The molecule has 2 aromatic heterocycles. The first-order chi connectivity index (χ1) is 13.4. The van der Waals surface area contributed by atoms with Crippen LogP contribution in [0.5, 0.6) is 5.75 Å². The quantitative estimate of drug-likeness (QED) is 0.713. The Bertz CT molecular complexity index is 993. The van der Waals surface area contributed by atoms with Gasteiger partial charge in [0, 0.05) is 35.8 Å². The molecule has 3 heterocycles. The van der Waals surface area contributed by atoms with Crippen molar-refractivity contribution >= 4 is 11.3 Å². The van der Waals surface area contributed by atoms with Crippen LogP contribution in [-0.2, 0) is 6.54 Å². The SMILES string of the molecule is CCn1cnc2c1C(c1cn[nH]c1)=CN(c1ccc(OC(F)(F)F)cc1)C2O. The maximum Gasteiger partial charge on any atom is 0.573 e. The molecule has 0 amide bonds. The number of aromatic nitrogens is 4. The van der Waals surface area contributed by atoms with Crippen LogP contribution in [0.3, 0.4) is 0 Å². The summed E-state index contributed by atoms with van der Waals surface area (Å²) in [7, 11) is 0. The van der Waals surface area contributed by atoms with E-state index in [0.29, 0.717) is 17.9 Å². The van der Waals surface area contributed by atoms with Crippen LogP contribution < -0.4 is 9.64 Å². The Balaban J connectivity index is 1.75. The van der Waals surface area contributed by atoms with Crippen molar-refractivity contribution in [1.29, 1.82) is 0 Å². The molecule has 1 aromatic carbocycles. The number of rotatable bonds is 4. The fourth-order valence-electron chi connectivity index (χ4n) is 3.17. The molecule has 7 nitrogen and oxygen atoms in total. The number of H-pyrrole nitrogens is 1. The maximum absolute atomic E-state index is 12.4. The summed E-state index contributed by atoms with van der Waals surface area (Å²) in [4.78, 5) is 5.87. The average molecular weight is 391 g/mol. The van der Waals surface area contributed by atoms with E-state index in [1.807, 2.05) is 11.5 Å². The molecule has 0 saturated carbocycles. The van der Waals surface area contributed by atoms with Crippen molar-refractivity contribution in [3.05, 3.63) is 66.1 Å². The summed E-state index contributed by atoms with van der Waals surface area (Å²) in [5.41, 5.74) is 3.29. The van der Waals surface area contributed by atoms with Gasteiger partial charge in [-0.3, -0.25) is 5.10 Å². The van der Waals surface area contributed by atoms with Gasteiger partial charge in [-0.1, -0.05) is 0 Å². The van der Waals surface area contributed by atoms with Gasteiger partial charge < -0.3 is 19.3 Å². The number of fused-ring (bicyclic) bond motifs is 1. The third kappa shape index (κ3) is 3.22. The second kappa shape index (κ2) is 6.71. The number of hydrogen-bond donors (Lipinski definition) is 2. The Hall–Kier alpha value is -3.27. The van der Waals surface area contributed by atoms with E-state index in [9.17, 15) is 18.3 Å². The molecular weight excluding hydrogens is 375 g/mol. The van der Waals surface area contributed by atoms with Gasteiger partial charge in [0.25, 0.3) is 0 Å². The molecule has 28 heavy (non-hydrogen) atoms. The third-order valence-corrected chi connectivity index (χ3v) is 4.42. The fraction of sp³-hybridized carbons (Fsp3) is 0.222. The van der Waals surface area contributed by atoms with E-state index in [4.69, 9.17) is 0 Å². The van der Waals surface area contributed by atoms with Crippen molar-refractivity contribution in [2.45, 2.75) is 26.1 Å². The number of benzene rings is 1. The summed E-state index contributed by atoms with van der Waals surface area (Å²) in [6.45, 7) is 2.63. The van der Waals surface area contributed by atoms with Crippen LogP contribution in [0.1, 0.15) is 30.1 Å². The van der Waals surface area contributed by atoms with Crippen LogP contribution in [0, 0.1) is 0 Å². The average Bonchev–Trinajstić information content (AvgIpc) is 3.32. The number of aliphatic hydroxyl groups excluding tert-OH is 1. The van der Waals surface area contributed by atoms with Gasteiger partial charge in [-0.15, -0.1) is 13.2 Å². The van der Waals surface area contributed by atoms with Crippen LogP contribution in [-0.4, -0.2) is 31.2 Å². The molecule has 1 aliphatic rings. The van der Waals surface area contributed by atoms with E-state index >= 15 is 0 Å². The first-order valence-electron chi connectivity index (χ1n) is 8.46. The summed E-state index contributed by atoms with van der Waals surface area (Å²) in [6, 6.07) is 5.27. The van der Waals surface area contributed by atoms with E-state index in [1.165, 1.54) is 29.2 Å². The number of anilines is 1. The topological polar surface area (TPSA) is 79.2 Å². The van der Waals surface area contributed by atoms with Gasteiger partial charge in [-0.25, -0.2) is 4.98 Å². The third-order valence-electron chi connectivity index (χ3n) is 4.42. The molecule has 0 fully saturated rings. The lowest BCUT2D eigenvalue weighted by atomic mass is 10.0. The molecule has 1 unspecified atom stereocenters. The Morgan fingerprint density at radius 2 is 2.00 bits per heavy atom. The monoisotopic (exact) mass is 391 g/mol. The molecule has 146 valence electrons. The van der Waals surface area contributed by atoms with Crippen LogP contribution in [0.4, 0.5) is 18.9 Å². The lowest BCUT2D eigenvalue weighted by molar-refractivity contribution is -0.274. The van der Waals surface area contributed by atoms with Gasteiger partial charge in [0.1, 0.15) is 11.4 Å². The van der Waals surface area contributed by atoms with Gasteiger partial charge in [-0.2, -0.15) is 5.10 Å². The van der Waals surface area contributed by atoms with E-state index in [0.717, 1.165) is 16.8 Å². The normalized spacial score (nSPS) is 16.7. The zero-order valence-corrected chi connectivity index (χ0v) is 14.7. The molecule has 0 bridgehead atoms.